The number of hydrogen-bond donors (Lipinski definition) is 2. The van der Waals surface area contributed by atoms with E-state index in [1.165, 1.54) is 18.3 Å². The molecule has 0 bridgehead atoms. The van der Waals surface area contributed by atoms with E-state index in [1.54, 1.807) is 13.0 Å². The number of hydrogen-bond acceptors (Lipinski definition) is 4. The number of halogens is 2. The predicted molar refractivity (Wildman–Crippen MR) is 74.9 cm³/mol. The van der Waals surface area contributed by atoms with Crippen molar-refractivity contribution in [2.24, 2.45) is 0 Å². The molecule has 0 saturated carbocycles. The highest BCUT2D eigenvalue weighted by atomic mass is 35.5. The maximum absolute atomic E-state index is 12.1. The summed E-state index contributed by atoms with van der Waals surface area (Å²) in [6, 6.07) is 4.49. The summed E-state index contributed by atoms with van der Waals surface area (Å²) in [5.41, 5.74) is 0.985. The van der Waals surface area contributed by atoms with E-state index in [9.17, 15) is 9.32 Å². The maximum Gasteiger partial charge on any atom is 0.222 e. The number of nitrogens with one attached hydrogen (secondary N) is 1. The van der Waals surface area contributed by atoms with Crippen molar-refractivity contribution >= 4 is 39.9 Å². The molecular formula is C11H9Cl2N3O2S. The van der Waals surface area contributed by atoms with Crippen LogP contribution in [0.3, 0.4) is 0 Å². The van der Waals surface area contributed by atoms with Crippen LogP contribution in [-0.4, -0.2) is 19.3 Å². The molecule has 1 aromatic heterocycles. The zero-order valence-corrected chi connectivity index (χ0v) is 12.1. The highest BCUT2D eigenvalue weighted by molar-refractivity contribution is 7.86. The van der Waals surface area contributed by atoms with Crippen LogP contribution < -0.4 is 4.72 Å². The summed E-state index contributed by atoms with van der Waals surface area (Å²) < 4.78 is 14.8. The Labute approximate surface area is 122 Å². The molecule has 2 aromatic rings. The number of phenols is 1. The van der Waals surface area contributed by atoms with Crippen LogP contribution >= 0.6 is 23.2 Å². The minimum atomic E-state index is -1.56. The van der Waals surface area contributed by atoms with E-state index < -0.39 is 11.0 Å². The Morgan fingerprint density at radius 1 is 1.37 bits per heavy atom. The van der Waals surface area contributed by atoms with E-state index in [0.717, 1.165) is 0 Å². The molecule has 100 valence electrons. The van der Waals surface area contributed by atoms with Gasteiger partial charge in [0.2, 0.25) is 5.28 Å². The molecule has 1 heterocycles. The quantitative estimate of drug-likeness (QED) is 0.853. The third kappa shape index (κ3) is 3.34. The molecule has 0 radical (unpaired) electrons. The molecule has 0 fully saturated rings. The van der Waals surface area contributed by atoms with Crippen molar-refractivity contribution in [2.75, 3.05) is 4.72 Å². The number of benzene rings is 1. The predicted octanol–water partition coefficient (Wildman–Crippen LogP) is 2.93. The number of aromatic nitrogens is 2. The first-order valence-electron chi connectivity index (χ1n) is 5.13. The van der Waals surface area contributed by atoms with E-state index in [0.29, 0.717) is 16.3 Å². The molecule has 2 rings (SSSR count). The molecular weight excluding hydrogens is 309 g/mol. The van der Waals surface area contributed by atoms with E-state index in [4.69, 9.17) is 23.2 Å². The van der Waals surface area contributed by atoms with Gasteiger partial charge in [-0.2, -0.15) is 0 Å². The number of anilines is 1. The largest absolute Gasteiger partial charge is 0.506 e. The van der Waals surface area contributed by atoms with Gasteiger partial charge in [-0.1, -0.05) is 11.6 Å². The summed E-state index contributed by atoms with van der Waals surface area (Å²) in [4.78, 5) is 8.12. The molecule has 1 aromatic carbocycles. The molecule has 0 spiro atoms. The van der Waals surface area contributed by atoms with Crippen LogP contribution in [0, 0.1) is 6.92 Å². The minimum absolute atomic E-state index is 0.0901. The Morgan fingerprint density at radius 2 is 2.11 bits per heavy atom. The third-order valence-electron chi connectivity index (χ3n) is 2.26. The van der Waals surface area contributed by atoms with Gasteiger partial charge in [0.05, 0.1) is 27.5 Å². The molecule has 19 heavy (non-hydrogen) atoms. The number of nitrogens with zero attached hydrogens (tertiary/aromatic N) is 2. The lowest BCUT2D eigenvalue weighted by atomic mass is 10.3. The van der Waals surface area contributed by atoms with Gasteiger partial charge in [-0.3, -0.25) is 0 Å². The smallest absolute Gasteiger partial charge is 0.222 e. The first-order valence-corrected chi connectivity index (χ1v) is 7.04. The topological polar surface area (TPSA) is 75.1 Å². The lowest BCUT2D eigenvalue weighted by Gasteiger charge is -2.08. The van der Waals surface area contributed by atoms with Gasteiger partial charge in [-0.05, 0) is 30.7 Å². The first kappa shape index (κ1) is 14.0. The van der Waals surface area contributed by atoms with Crippen molar-refractivity contribution in [1.29, 1.82) is 0 Å². The monoisotopic (exact) mass is 317 g/mol. The van der Waals surface area contributed by atoms with Crippen molar-refractivity contribution in [2.45, 2.75) is 11.8 Å². The van der Waals surface area contributed by atoms with Gasteiger partial charge in [0.1, 0.15) is 5.75 Å². The van der Waals surface area contributed by atoms with Crippen LogP contribution in [0.1, 0.15) is 5.69 Å². The van der Waals surface area contributed by atoms with Crippen molar-refractivity contribution in [1.82, 2.24) is 9.97 Å². The van der Waals surface area contributed by atoms with Crippen molar-refractivity contribution in [3.63, 3.8) is 0 Å². The number of rotatable bonds is 3. The van der Waals surface area contributed by atoms with E-state index >= 15 is 0 Å². The van der Waals surface area contributed by atoms with Crippen LogP contribution in [0.5, 0.6) is 5.75 Å². The fourth-order valence-corrected chi connectivity index (χ4v) is 2.55. The van der Waals surface area contributed by atoms with Crippen LogP contribution in [0.15, 0.2) is 29.3 Å². The molecule has 1 atom stereocenters. The molecule has 0 saturated heterocycles. The van der Waals surface area contributed by atoms with Crippen molar-refractivity contribution in [3.05, 3.63) is 40.4 Å². The molecule has 2 N–H and O–H groups in total. The van der Waals surface area contributed by atoms with E-state index in [1.807, 2.05) is 0 Å². The first-order chi connectivity index (χ1) is 8.97. The summed E-state index contributed by atoms with van der Waals surface area (Å²) >= 11 is 11.3. The average molecular weight is 318 g/mol. The normalized spacial score (nSPS) is 12.2. The SMILES string of the molecule is Cc1nc(Cl)ncc1S(=O)Nc1ccc(Cl)c(O)c1. The summed E-state index contributed by atoms with van der Waals surface area (Å²) in [6.07, 6.45) is 1.39. The fraction of sp³-hybridized carbons (Fsp3) is 0.0909. The zero-order chi connectivity index (χ0) is 14.0. The van der Waals surface area contributed by atoms with Gasteiger partial charge in [-0.15, -0.1) is 0 Å². The number of aryl methyl sites for hydroxylation is 1. The second-order valence-corrected chi connectivity index (χ2v) is 5.55. The second kappa shape index (κ2) is 5.73. The van der Waals surface area contributed by atoms with Crippen LogP contribution in [0.2, 0.25) is 10.3 Å². The van der Waals surface area contributed by atoms with Gasteiger partial charge in [-0.25, -0.2) is 14.2 Å². The third-order valence-corrected chi connectivity index (χ3v) is 3.98. The maximum atomic E-state index is 12.1. The Balaban J connectivity index is 2.23. The minimum Gasteiger partial charge on any atom is -0.506 e. The summed E-state index contributed by atoms with van der Waals surface area (Å²) in [6.45, 7) is 1.68. The standard InChI is InChI=1S/C11H9Cl2N3O2S/c1-6-10(5-14-11(13)15-6)19(18)16-7-2-3-8(12)9(17)4-7/h2-5,16-17H,1H3. The highest BCUT2D eigenvalue weighted by Crippen LogP contribution is 2.27. The van der Waals surface area contributed by atoms with Crippen molar-refractivity contribution < 1.29 is 9.32 Å². The molecule has 0 aliphatic heterocycles. The Bertz CT molecular complexity index is 652. The summed E-state index contributed by atoms with van der Waals surface area (Å²) in [7, 11) is -1.56. The molecule has 0 aliphatic rings. The molecule has 1 unspecified atom stereocenters. The zero-order valence-electron chi connectivity index (χ0n) is 9.72. The molecule has 0 aliphatic carbocycles. The summed E-state index contributed by atoms with van der Waals surface area (Å²) in [5.74, 6) is -0.0901. The van der Waals surface area contributed by atoms with Gasteiger partial charge in [0.15, 0.2) is 11.0 Å². The van der Waals surface area contributed by atoms with Gasteiger partial charge < -0.3 is 9.83 Å². The van der Waals surface area contributed by atoms with E-state index in [2.05, 4.69) is 14.7 Å². The Morgan fingerprint density at radius 3 is 2.74 bits per heavy atom. The highest BCUT2D eigenvalue weighted by Gasteiger charge is 2.11. The lowest BCUT2D eigenvalue weighted by molar-refractivity contribution is 0.476. The lowest BCUT2D eigenvalue weighted by Crippen LogP contribution is -2.08. The number of aromatic hydroxyl groups is 1. The summed E-state index contributed by atoms with van der Waals surface area (Å²) in [5, 5.41) is 9.79. The number of phenolic OH excluding ortho intramolecular Hbond substituents is 1. The Kier molecular flexibility index (Phi) is 4.24. The van der Waals surface area contributed by atoms with Gasteiger partial charge in [0, 0.05) is 6.07 Å². The van der Waals surface area contributed by atoms with Crippen LogP contribution in [-0.2, 0) is 11.0 Å². The van der Waals surface area contributed by atoms with Gasteiger partial charge in [0.25, 0.3) is 0 Å². The molecule has 0 amide bonds. The van der Waals surface area contributed by atoms with Gasteiger partial charge >= 0.3 is 0 Å². The molecule has 8 heteroatoms. The molecule has 5 nitrogen and oxygen atoms in total. The fourth-order valence-electron chi connectivity index (χ4n) is 1.35. The van der Waals surface area contributed by atoms with Crippen molar-refractivity contribution in [3.8, 4) is 5.75 Å². The Hall–Kier alpha value is -1.37. The van der Waals surface area contributed by atoms with E-state index in [-0.39, 0.29) is 16.1 Å². The van der Waals surface area contributed by atoms with Crippen LogP contribution in [0.25, 0.3) is 0 Å². The van der Waals surface area contributed by atoms with Crippen LogP contribution in [0.4, 0.5) is 5.69 Å². The second-order valence-electron chi connectivity index (χ2n) is 3.63. The average Bonchev–Trinajstić information content (AvgIpc) is 2.33.